The standard InChI is InChI=1S/C9H6ClN5O2/c10-8-7(15(16)17)9(13-5-12-8)14-6-1-3-11-4-2-6/h1-5H,(H,11,12,13,14). The van der Waals surface area contributed by atoms with Gasteiger partial charge in [-0.2, -0.15) is 0 Å². The SMILES string of the molecule is O=[N+]([O-])c1c(Cl)ncnc1Nc1ccncc1. The lowest BCUT2D eigenvalue weighted by molar-refractivity contribution is -0.384. The van der Waals surface area contributed by atoms with E-state index in [9.17, 15) is 10.1 Å². The van der Waals surface area contributed by atoms with E-state index in [1.54, 1.807) is 24.5 Å². The van der Waals surface area contributed by atoms with E-state index in [2.05, 4.69) is 20.3 Å². The number of aromatic nitrogens is 3. The van der Waals surface area contributed by atoms with Crippen molar-refractivity contribution in [2.45, 2.75) is 0 Å². The van der Waals surface area contributed by atoms with Gasteiger partial charge in [-0.15, -0.1) is 0 Å². The third-order valence-electron chi connectivity index (χ3n) is 1.90. The zero-order valence-corrected chi connectivity index (χ0v) is 9.13. The average Bonchev–Trinajstić information content (AvgIpc) is 2.30. The van der Waals surface area contributed by atoms with Gasteiger partial charge in [0.1, 0.15) is 6.33 Å². The molecule has 2 aromatic heterocycles. The maximum Gasteiger partial charge on any atom is 0.348 e. The number of pyridine rings is 1. The van der Waals surface area contributed by atoms with E-state index in [1.165, 1.54) is 0 Å². The molecule has 0 fully saturated rings. The molecule has 7 nitrogen and oxygen atoms in total. The van der Waals surface area contributed by atoms with Crippen molar-refractivity contribution in [1.29, 1.82) is 0 Å². The molecule has 0 atom stereocenters. The topological polar surface area (TPSA) is 93.8 Å². The fourth-order valence-corrected chi connectivity index (χ4v) is 1.38. The maximum absolute atomic E-state index is 10.8. The third kappa shape index (κ3) is 2.45. The highest BCUT2D eigenvalue weighted by Crippen LogP contribution is 2.30. The van der Waals surface area contributed by atoms with Crippen molar-refractivity contribution < 1.29 is 4.92 Å². The normalized spacial score (nSPS) is 9.94. The van der Waals surface area contributed by atoms with Crippen molar-refractivity contribution in [2.24, 2.45) is 0 Å². The summed E-state index contributed by atoms with van der Waals surface area (Å²) in [6.45, 7) is 0. The zero-order chi connectivity index (χ0) is 12.3. The first-order valence-electron chi connectivity index (χ1n) is 4.50. The molecular weight excluding hydrogens is 246 g/mol. The van der Waals surface area contributed by atoms with E-state index in [1.807, 2.05) is 0 Å². The van der Waals surface area contributed by atoms with Crippen LogP contribution < -0.4 is 5.32 Å². The van der Waals surface area contributed by atoms with Crippen LogP contribution in [0.4, 0.5) is 17.2 Å². The number of hydrogen-bond donors (Lipinski definition) is 1. The Kier molecular flexibility index (Phi) is 3.10. The Morgan fingerprint density at radius 1 is 1.29 bits per heavy atom. The van der Waals surface area contributed by atoms with E-state index < -0.39 is 4.92 Å². The summed E-state index contributed by atoms with van der Waals surface area (Å²) in [4.78, 5) is 21.4. The number of halogens is 1. The van der Waals surface area contributed by atoms with Gasteiger partial charge < -0.3 is 5.32 Å². The largest absolute Gasteiger partial charge is 0.348 e. The lowest BCUT2D eigenvalue weighted by Crippen LogP contribution is -2.01. The third-order valence-corrected chi connectivity index (χ3v) is 2.18. The molecule has 0 amide bonds. The number of hydrogen-bond acceptors (Lipinski definition) is 6. The van der Waals surface area contributed by atoms with Crippen molar-refractivity contribution in [1.82, 2.24) is 15.0 Å². The maximum atomic E-state index is 10.8. The molecule has 1 N–H and O–H groups in total. The first kappa shape index (κ1) is 11.2. The Morgan fingerprint density at radius 3 is 2.65 bits per heavy atom. The molecule has 0 saturated carbocycles. The molecule has 2 rings (SSSR count). The summed E-state index contributed by atoms with van der Waals surface area (Å²) in [7, 11) is 0. The molecular formula is C9H6ClN5O2. The van der Waals surface area contributed by atoms with E-state index >= 15 is 0 Å². The summed E-state index contributed by atoms with van der Waals surface area (Å²) < 4.78 is 0. The highest BCUT2D eigenvalue weighted by atomic mass is 35.5. The van der Waals surface area contributed by atoms with Crippen LogP contribution in [0.15, 0.2) is 30.9 Å². The summed E-state index contributed by atoms with van der Waals surface area (Å²) in [6.07, 6.45) is 4.26. The molecule has 0 bridgehead atoms. The van der Waals surface area contributed by atoms with Gasteiger partial charge in [0.25, 0.3) is 0 Å². The second-order valence-corrected chi connectivity index (χ2v) is 3.34. The highest BCUT2D eigenvalue weighted by molar-refractivity contribution is 6.31. The van der Waals surface area contributed by atoms with Gasteiger partial charge in [-0.1, -0.05) is 11.6 Å². The minimum Gasteiger partial charge on any atom is -0.334 e. The molecule has 0 spiro atoms. The van der Waals surface area contributed by atoms with Crippen LogP contribution in [0.3, 0.4) is 0 Å². The van der Waals surface area contributed by atoms with Crippen LogP contribution in [0.25, 0.3) is 0 Å². The minimum absolute atomic E-state index is 0.0428. The van der Waals surface area contributed by atoms with Gasteiger partial charge >= 0.3 is 5.69 Å². The molecule has 0 aliphatic heterocycles. The summed E-state index contributed by atoms with van der Waals surface area (Å²) in [5, 5.41) is 13.4. The van der Waals surface area contributed by atoms with Gasteiger partial charge in [-0.3, -0.25) is 15.1 Å². The van der Waals surface area contributed by atoms with Crippen LogP contribution >= 0.6 is 11.6 Å². The van der Waals surface area contributed by atoms with Crippen molar-refractivity contribution in [3.63, 3.8) is 0 Å². The lowest BCUT2D eigenvalue weighted by atomic mass is 10.4. The number of nitrogens with zero attached hydrogens (tertiary/aromatic N) is 4. The Labute approximate surface area is 101 Å². The Bertz CT molecular complexity index is 548. The van der Waals surface area contributed by atoms with Gasteiger partial charge in [-0.25, -0.2) is 9.97 Å². The summed E-state index contributed by atoms with van der Waals surface area (Å²) in [5.41, 5.74) is 0.267. The molecule has 0 aliphatic carbocycles. The van der Waals surface area contributed by atoms with Crippen molar-refractivity contribution in [2.75, 3.05) is 5.32 Å². The van der Waals surface area contributed by atoms with Crippen molar-refractivity contribution >= 4 is 28.8 Å². The predicted octanol–water partition coefficient (Wildman–Crippen LogP) is 2.18. The number of nitrogens with one attached hydrogen (secondary N) is 1. The van der Waals surface area contributed by atoms with Crippen LogP contribution in [0.2, 0.25) is 5.15 Å². The molecule has 2 heterocycles. The van der Waals surface area contributed by atoms with Crippen LogP contribution in [0.5, 0.6) is 0 Å². The van der Waals surface area contributed by atoms with Crippen molar-refractivity contribution in [3.8, 4) is 0 Å². The number of rotatable bonds is 3. The van der Waals surface area contributed by atoms with E-state index in [0.717, 1.165) is 6.33 Å². The molecule has 0 saturated heterocycles. The van der Waals surface area contributed by atoms with Crippen LogP contribution in [0.1, 0.15) is 0 Å². The van der Waals surface area contributed by atoms with Crippen LogP contribution in [-0.4, -0.2) is 19.9 Å². The van der Waals surface area contributed by atoms with E-state index in [0.29, 0.717) is 5.69 Å². The van der Waals surface area contributed by atoms with Crippen LogP contribution in [-0.2, 0) is 0 Å². The Morgan fingerprint density at radius 2 is 2.00 bits per heavy atom. The molecule has 0 unspecified atom stereocenters. The molecule has 0 aliphatic rings. The monoisotopic (exact) mass is 251 g/mol. The number of anilines is 2. The summed E-state index contributed by atoms with van der Waals surface area (Å²) in [6, 6.07) is 3.31. The van der Waals surface area contributed by atoms with E-state index in [-0.39, 0.29) is 16.7 Å². The fourth-order valence-electron chi connectivity index (χ4n) is 1.18. The zero-order valence-electron chi connectivity index (χ0n) is 8.37. The van der Waals surface area contributed by atoms with Gasteiger partial charge in [-0.05, 0) is 12.1 Å². The lowest BCUT2D eigenvalue weighted by Gasteiger charge is -2.05. The van der Waals surface area contributed by atoms with Gasteiger partial charge in [0.2, 0.25) is 11.0 Å². The van der Waals surface area contributed by atoms with Gasteiger partial charge in [0.15, 0.2) is 0 Å². The second kappa shape index (κ2) is 4.71. The Hall–Kier alpha value is -2.28. The van der Waals surface area contributed by atoms with Gasteiger partial charge in [0.05, 0.1) is 4.92 Å². The first-order chi connectivity index (χ1) is 8.18. The van der Waals surface area contributed by atoms with Gasteiger partial charge in [0, 0.05) is 18.1 Å². The molecule has 17 heavy (non-hydrogen) atoms. The first-order valence-corrected chi connectivity index (χ1v) is 4.88. The molecule has 86 valence electrons. The smallest absolute Gasteiger partial charge is 0.334 e. The molecule has 0 aromatic carbocycles. The van der Waals surface area contributed by atoms with Crippen molar-refractivity contribution in [3.05, 3.63) is 46.1 Å². The summed E-state index contributed by atoms with van der Waals surface area (Å²) >= 11 is 5.65. The number of nitro groups is 1. The molecule has 8 heteroatoms. The molecule has 2 aromatic rings. The van der Waals surface area contributed by atoms with E-state index in [4.69, 9.17) is 11.6 Å². The fraction of sp³-hybridized carbons (Fsp3) is 0. The quantitative estimate of drug-likeness (QED) is 0.510. The highest BCUT2D eigenvalue weighted by Gasteiger charge is 2.21. The summed E-state index contributed by atoms with van der Waals surface area (Å²) in [5.74, 6) is 0.0428. The minimum atomic E-state index is -0.633. The van der Waals surface area contributed by atoms with Crippen LogP contribution in [0, 0.1) is 10.1 Å². The average molecular weight is 252 g/mol. The predicted molar refractivity (Wildman–Crippen MR) is 61.2 cm³/mol. The molecule has 0 radical (unpaired) electrons. The Balaban J connectivity index is 2.40. The second-order valence-electron chi connectivity index (χ2n) is 2.98.